The predicted molar refractivity (Wildman–Crippen MR) is 68.2 cm³/mol. The molecule has 2 heterocycles. The van der Waals surface area contributed by atoms with Gasteiger partial charge in [0.25, 0.3) is 0 Å². The van der Waals surface area contributed by atoms with E-state index in [1.165, 1.54) is 15.6 Å². The molecule has 1 fully saturated rings. The van der Waals surface area contributed by atoms with E-state index in [4.69, 9.17) is 16.3 Å². The molecule has 0 bridgehead atoms. The Morgan fingerprint density at radius 3 is 2.71 bits per heavy atom. The second-order valence-corrected chi connectivity index (χ2v) is 6.93. The molecular weight excluding hydrogens is 282 g/mol. The van der Waals surface area contributed by atoms with Crippen molar-refractivity contribution in [2.75, 3.05) is 26.3 Å². The molecule has 2 rings (SSSR count). The molecule has 0 aliphatic carbocycles. The molecule has 1 aliphatic heterocycles. The Bertz CT molecular complexity index is 492. The van der Waals surface area contributed by atoms with Gasteiger partial charge in [0.2, 0.25) is 10.0 Å². The van der Waals surface area contributed by atoms with Gasteiger partial charge in [0, 0.05) is 18.0 Å². The van der Waals surface area contributed by atoms with Crippen molar-refractivity contribution < 1.29 is 13.2 Å². The largest absolute Gasteiger partial charge is 0.379 e. The van der Waals surface area contributed by atoms with Crippen molar-refractivity contribution >= 4 is 33.0 Å². The predicted octanol–water partition coefficient (Wildman–Crippen LogP) is 1.82. The van der Waals surface area contributed by atoms with Crippen molar-refractivity contribution in [3.8, 4) is 0 Å². The minimum Gasteiger partial charge on any atom is -0.379 e. The zero-order chi connectivity index (χ0) is 12.5. The molecule has 1 aromatic heterocycles. The summed E-state index contributed by atoms with van der Waals surface area (Å²) < 4.78 is 31.6. The van der Waals surface area contributed by atoms with Crippen LogP contribution in [0.15, 0.2) is 10.3 Å². The van der Waals surface area contributed by atoms with Gasteiger partial charge in [-0.1, -0.05) is 0 Å². The Morgan fingerprint density at radius 1 is 1.47 bits per heavy atom. The number of hydrogen-bond acceptors (Lipinski definition) is 4. The Hall–Kier alpha value is -0.140. The topological polar surface area (TPSA) is 46.6 Å². The number of aryl methyl sites for hydroxylation is 1. The molecular formula is C10H14ClNO3S2. The van der Waals surface area contributed by atoms with Crippen LogP contribution < -0.4 is 0 Å². The first-order valence-electron chi connectivity index (χ1n) is 5.28. The van der Waals surface area contributed by atoms with Crippen LogP contribution in [0.1, 0.15) is 10.4 Å². The number of hydrogen-bond donors (Lipinski definition) is 0. The Morgan fingerprint density at radius 2 is 2.12 bits per heavy atom. The summed E-state index contributed by atoms with van der Waals surface area (Å²) in [7, 11) is -3.41. The molecule has 17 heavy (non-hydrogen) atoms. The normalized spacial score (nSPS) is 18.5. The molecule has 0 atom stereocenters. The number of sulfonamides is 1. The molecule has 1 aliphatic rings. The van der Waals surface area contributed by atoms with Crippen molar-refractivity contribution in [1.29, 1.82) is 0 Å². The van der Waals surface area contributed by atoms with E-state index >= 15 is 0 Å². The van der Waals surface area contributed by atoms with Gasteiger partial charge in [0.15, 0.2) is 0 Å². The average Bonchev–Trinajstić information content (AvgIpc) is 2.72. The van der Waals surface area contributed by atoms with E-state index < -0.39 is 10.0 Å². The first-order chi connectivity index (χ1) is 8.07. The summed E-state index contributed by atoms with van der Waals surface area (Å²) in [5.74, 6) is 0.234. The molecule has 7 heteroatoms. The summed E-state index contributed by atoms with van der Waals surface area (Å²) in [6.45, 7) is 3.55. The maximum Gasteiger partial charge on any atom is 0.244 e. The highest BCUT2D eigenvalue weighted by Gasteiger charge is 2.30. The van der Waals surface area contributed by atoms with Gasteiger partial charge in [-0.15, -0.1) is 22.9 Å². The van der Waals surface area contributed by atoms with Gasteiger partial charge in [-0.3, -0.25) is 0 Å². The molecule has 0 radical (unpaired) electrons. The van der Waals surface area contributed by atoms with Crippen molar-refractivity contribution in [2.24, 2.45) is 0 Å². The van der Waals surface area contributed by atoms with Gasteiger partial charge in [0.1, 0.15) is 4.90 Å². The van der Waals surface area contributed by atoms with Gasteiger partial charge in [-0.25, -0.2) is 8.42 Å². The first kappa shape index (κ1) is 13.3. The van der Waals surface area contributed by atoms with E-state index in [2.05, 4.69) is 0 Å². The van der Waals surface area contributed by atoms with Crippen LogP contribution in [0.25, 0.3) is 0 Å². The Balaban J connectivity index is 2.39. The lowest BCUT2D eigenvalue weighted by Gasteiger charge is -2.26. The maximum atomic E-state index is 12.5. The van der Waals surface area contributed by atoms with Crippen molar-refractivity contribution in [3.05, 3.63) is 15.8 Å². The van der Waals surface area contributed by atoms with Crippen molar-refractivity contribution in [3.63, 3.8) is 0 Å². The number of thiophene rings is 1. The summed E-state index contributed by atoms with van der Waals surface area (Å²) in [5.41, 5.74) is 0.775. The Labute approximate surface area is 110 Å². The average molecular weight is 296 g/mol. The number of ether oxygens (including phenoxy) is 1. The molecule has 1 saturated heterocycles. The Kier molecular flexibility index (Phi) is 4.10. The van der Waals surface area contributed by atoms with E-state index in [1.807, 2.05) is 5.38 Å². The summed E-state index contributed by atoms with van der Waals surface area (Å²) in [4.78, 5) is 1.11. The summed E-state index contributed by atoms with van der Waals surface area (Å²) in [5, 5.41) is 1.84. The van der Waals surface area contributed by atoms with Crippen LogP contribution in [-0.2, 0) is 20.6 Å². The summed E-state index contributed by atoms with van der Waals surface area (Å²) >= 11 is 7.19. The first-order valence-corrected chi connectivity index (χ1v) is 8.13. The van der Waals surface area contributed by atoms with Crippen LogP contribution in [0.2, 0.25) is 0 Å². The van der Waals surface area contributed by atoms with Crippen molar-refractivity contribution in [2.45, 2.75) is 17.7 Å². The highest BCUT2D eigenvalue weighted by atomic mass is 35.5. The second-order valence-electron chi connectivity index (χ2n) is 3.82. The lowest BCUT2D eigenvalue weighted by atomic mass is 10.3. The summed E-state index contributed by atoms with van der Waals surface area (Å²) in [6, 6.07) is 0. The van der Waals surface area contributed by atoms with Crippen LogP contribution >= 0.6 is 22.9 Å². The smallest absolute Gasteiger partial charge is 0.244 e. The molecule has 96 valence electrons. The number of rotatable bonds is 3. The van der Waals surface area contributed by atoms with E-state index in [-0.39, 0.29) is 5.88 Å². The fourth-order valence-corrected chi connectivity index (χ4v) is 5.26. The fourth-order valence-electron chi connectivity index (χ4n) is 1.84. The molecule has 0 amide bonds. The number of nitrogens with zero attached hydrogens (tertiary/aromatic N) is 1. The zero-order valence-corrected chi connectivity index (χ0v) is 11.9. The molecule has 0 N–H and O–H groups in total. The van der Waals surface area contributed by atoms with Gasteiger partial charge in [-0.2, -0.15) is 4.31 Å². The van der Waals surface area contributed by atoms with Crippen LogP contribution in [-0.4, -0.2) is 39.0 Å². The highest BCUT2D eigenvalue weighted by Crippen LogP contribution is 2.30. The van der Waals surface area contributed by atoms with E-state index in [9.17, 15) is 8.42 Å². The van der Waals surface area contributed by atoms with Gasteiger partial charge < -0.3 is 4.74 Å². The lowest BCUT2D eigenvalue weighted by Crippen LogP contribution is -2.40. The van der Waals surface area contributed by atoms with Gasteiger partial charge >= 0.3 is 0 Å². The van der Waals surface area contributed by atoms with Crippen LogP contribution in [0.3, 0.4) is 0 Å². The minimum atomic E-state index is -3.41. The lowest BCUT2D eigenvalue weighted by molar-refractivity contribution is 0.0730. The molecule has 0 aromatic carbocycles. The molecule has 0 spiro atoms. The number of halogens is 1. The zero-order valence-electron chi connectivity index (χ0n) is 9.48. The number of alkyl halides is 1. The van der Waals surface area contributed by atoms with Crippen molar-refractivity contribution in [1.82, 2.24) is 4.31 Å². The van der Waals surface area contributed by atoms with Crippen LogP contribution in [0.4, 0.5) is 0 Å². The van der Waals surface area contributed by atoms with Gasteiger partial charge in [0.05, 0.1) is 19.1 Å². The number of morpholine rings is 1. The molecule has 4 nitrogen and oxygen atoms in total. The van der Waals surface area contributed by atoms with Gasteiger partial charge in [-0.05, 0) is 17.9 Å². The third-order valence-corrected chi connectivity index (χ3v) is 6.47. The third-order valence-electron chi connectivity index (χ3n) is 2.68. The van der Waals surface area contributed by atoms with E-state index in [0.717, 1.165) is 10.4 Å². The van der Waals surface area contributed by atoms with E-state index in [0.29, 0.717) is 31.2 Å². The second kappa shape index (κ2) is 5.24. The quantitative estimate of drug-likeness (QED) is 0.799. The molecule has 1 aromatic rings. The standard InChI is InChI=1S/C10H14ClNO3S2/c1-8-7-16-9(6-11)10(8)17(13,14)12-2-4-15-5-3-12/h7H,2-6H2,1H3. The fraction of sp³-hybridized carbons (Fsp3) is 0.600. The highest BCUT2D eigenvalue weighted by molar-refractivity contribution is 7.89. The minimum absolute atomic E-state index is 0.234. The maximum absolute atomic E-state index is 12.5. The molecule has 0 saturated carbocycles. The van der Waals surface area contributed by atoms with E-state index in [1.54, 1.807) is 6.92 Å². The SMILES string of the molecule is Cc1csc(CCl)c1S(=O)(=O)N1CCOCC1. The monoisotopic (exact) mass is 295 g/mol. The van der Waals surface area contributed by atoms with Crippen LogP contribution in [0, 0.1) is 6.92 Å². The van der Waals surface area contributed by atoms with Crippen LogP contribution in [0.5, 0.6) is 0 Å². The molecule has 0 unspecified atom stereocenters. The summed E-state index contributed by atoms with van der Waals surface area (Å²) in [6.07, 6.45) is 0. The third kappa shape index (κ3) is 2.51.